The van der Waals surface area contributed by atoms with Gasteiger partial charge < -0.3 is 9.52 Å². The van der Waals surface area contributed by atoms with E-state index in [0.29, 0.717) is 0 Å². The number of halogens is 1. The number of benzene rings is 1. The van der Waals surface area contributed by atoms with Crippen LogP contribution in [0.25, 0.3) is 0 Å². The molecule has 1 aromatic carbocycles. The lowest BCUT2D eigenvalue weighted by Crippen LogP contribution is -1.97. The molecule has 0 saturated heterocycles. The average Bonchev–Trinajstić information content (AvgIpc) is 2.71. The van der Waals surface area contributed by atoms with Gasteiger partial charge in [-0.3, -0.25) is 0 Å². The molecule has 1 N–H and O–H groups in total. The summed E-state index contributed by atoms with van der Waals surface area (Å²) in [5.41, 5.74) is 1.66. The van der Waals surface area contributed by atoms with E-state index in [1.54, 1.807) is 18.6 Å². The maximum atomic E-state index is 9.91. The van der Waals surface area contributed by atoms with E-state index in [9.17, 15) is 5.11 Å². The van der Waals surface area contributed by atoms with Crippen LogP contribution in [0.3, 0.4) is 0 Å². The smallest absolute Gasteiger partial charge is 0.107 e. The lowest BCUT2D eigenvalue weighted by atomic mass is 10.1. The molecule has 0 bridgehead atoms. The lowest BCUT2D eigenvalue weighted by Gasteiger charge is -2.08. The molecule has 0 fully saturated rings. The van der Waals surface area contributed by atoms with Crippen molar-refractivity contribution in [1.29, 1.82) is 0 Å². The zero-order valence-electron chi connectivity index (χ0n) is 7.35. The normalized spacial score (nSPS) is 12.7. The zero-order chi connectivity index (χ0) is 9.97. The van der Waals surface area contributed by atoms with Gasteiger partial charge in [0, 0.05) is 9.13 Å². The summed E-state index contributed by atoms with van der Waals surface area (Å²) in [6, 6.07) is 9.54. The number of hydrogen-bond donors (Lipinski definition) is 1. The molecule has 2 nitrogen and oxygen atoms in total. The molecule has 0 aliphatic heterocycles. The van der Waals surface area contributed by atoms with Crippen molar-refractivity contribution in [2.75, 3.05) is 0 Å². The predicted octanol–water partition coefficient (Wildman–Crippen LogP) is 2.97. The summed E-state index contributed by atoms with van der Waals surface area (Å²) in [7, 11) is 0. The molecule has 2 aromatic rings. The van der Waals surface area contributed by atoms with Gasteiger partial charge in [-0.05, 0) is 46.4 Å². The van der Waals surface area contributed by atoms with Gasteiger partial charge >= 0.3 is 0 Å². The summed E-state index contributed by atoms with van der Waals surface area (Å²) in [4.78, 5) is 0. The number of rotatable bonds is 2. The molecular formula is C11H9IO2. The molecule has 1 unspecified atom stereocenters. The Bertz CT molecular complexity index is 392. The summed E-state index contributed by atoms with van der Waals surface area (Å²) in [5.74, 6) is 0. The Hall–Kier alpha value is -0.810. The van der Waals surface area contributed by atoms with Crippen molar-refractivity contribution in [3.8, 4) is 0 Å². The van der Waals surface area contributed by atoms with Crippen LogP contribution in [0.2, 0.25) is 0 Å². The monoisotopic (exact) mass is 300 g/mol. The number of aliphatic hydroxyl groups is 1. The van der Waals surface area contributed by atoms with E-state index in [0.717, 1.165) is 14.7 Å². The van der Waals surface area contributed by atoms with Gasteiger partial charge in [0.2, 0.25) is 0 Å². The molecule has 0 spiro atoms. The highest BCUT2D eigenvalue weighted by molar-refractivity contribution is 14.1. The highest BCUT2D eigenvalue weighted by Crippen LogP contribution is 2.22. The van der Waals surface area contributed by atoms with Crippen LogP contribution in [0.1, 0.15) is 17.2 Å². The van der Waals surface area contributed by atoms with E-state index < -0.39 is 6.10 Å². The first-order valence-electron chi connectivity index (χ1n) is 4.23. The van der Waals surface area contributed by atoms with Gasteiger partial charge in [0.1, 0.15) is 6.10 Å². The molecule has 3 heteroatoms. The summed E-state index contributed by atoms with van der Waals surface area (Å²) >= 11 is 2.23. The summed E-state index contributed by atoms with van der Waals surface area (Å²) in [5, 5.41) is 9.91. The molecule has 2 rings (SSSR count). The number of furan rings is 1. The van der Waals surface area contributed by atoms with E-state index in [4.69, 9.17) is 4.42 Å². The largest absolute Gasteiger partial charge is 0.472 e. The molecule has 72 valence electrons. The average molecular weight is 300 g/mol. The van der Waals surface area contributed by atoms with Gasteiger partial charge in [-0.1, -0.05) is 12.1 Å². The topological polar surface area (TPSA) is 33.4 Å². The van der Waals surface area contributed by atoms with Crippen molar-refractivity contribution in [3.05, 3.63) is 57.6 Å². The minimum Gasteiger partial charge on any atom is -0.472 e. The highest BCUT2D eigenvalue weighted by atomic mass is 127. The fourth-order valence-corrected chi connectivity index (χ4v) is 1.63. The van der Waals surface area contributed by atoms with Crippen molar-refractivity contribution >= 4 is 22.6 Å². The molecule has 1 atom stereocenters. The first-order valence-corrected chi connectivity index (χ1v) is 5.31. The van der Waals surface area contributed by atoms with Crippen molar-refractivity contribution in [2.45, 2.75) is 6.10 Å². The fourth-order valence-electron chi connectivity index (χ4n) is 1.27. The molecule has 14 heavy (non-hydrogen) atoms. The zero-order valence-corrected chi connectivity index (χ0v) is 9.51. The van der Waals surface area contributed by atoms with Crippen LogP contribution in [0.4, 0.5) is 0 Å². The molecule has 1 aromatic heterocycles. The fraction of sp³-hybridized carbons (Fsp3) is 0.0909. The maximum Gasteiger partial charge on any atom is 0.107 e. The Morgan fingerprint density at radius 1 is 1.07 bits per heavy atom. The summed E-state index contributed by atoms with van der Waals surface area (Å²) < 4.78 is 6.08. The number of aliphatic hydroxyl groups excluding tert-OH is 1. The molecule has 0 aliphatic carbocycles. The van der Waals surface area contributed by atoms with Crippen LogP contribution >= 0.6 is 22.6 Å². The first kappa shape index (κ1) is 9.73. The van der Waals surface area contributed by atoms with Crippen LogP contribution in [0, 0.1) is 3.57 Å². The SMILES string of the molecule is OC(c1ccc(I)cc1)c1ccoc1. The molecule has 1 heterocycles. The summed E-state index contributed by atoms with van der Waals surface area (Å²) in [6.07, 6.45) is 2.53. The Morgan fingerprint density at radius 2 is 1.79 bits per heavy atom. The molecule has 0 aliphatic rings. The van der Waals surface area contributed by atoms with Crippen molar-refractivity contribution in [3.63, 3.8) is 0 Å². The van der Waals surface area contributed by atoms with Crippen molar-refractivity contribution in [2.24, 2.45) is 0 Å². The second-order valence-corrected chi connectivity index (χ2v) is 4.26. The molecular weight excluding hydrogens is 291 g/mol. The second-order valence-electron chi connectivity index (χ2n) is 3.01. The Kier molecular flexibility index (Phi) is 2.88. The van der Waals surface area contributed by atoms with Crippen molar-refractivity contribution < 1.29 is 9.52 Å². The van der Waals surface area contributed by atoms with Crippen LogP contribution in [0.5, 0.6) is 0 Å². The molecule has 0 radical (unpaired) electrons. The second kappa shape index (κ2) is 4.14. The van der Waals surface area contributed by atoms with Crippen LogP contribution in [0.15, 0.2) is 47.3 Å². The van der Waals surface area contributed by atoms with Gasteiger partial charge in [-0.25, -0.2) is 0 Å². The van der Waals surface area contributed by atoms with E-state index >= 15 is 0 Å². The molecule has 0 amide bonds. The lowest BCUT2D eigenvalue weighted by molar-refractivity contribution is 0.219. The maximum absolute atomic E-state index is 9.91. The Morgan fingerprint density at radius 3 is 2.36 bits per heavy atom. The third-order valence-electron chi connectivity index (χ3n) is 2.04. The van der Waals surface area contributed by atoms with Gasteiger partial charge in [-0.2, -0.15) is 0 Å². The third-order valence-corrected chi connectivity index (χ3v) is 2.76. The molecule has 0 saturated carbocycles. The van der Waals surface area contributed by atoms with E-state index in [1.807, 2.05) is 24.3 Å². The van der Waals surface area contributed by atoms with E-state index in [-0.39, 0.29) is 0 Å². The van der Waals surface area contributed by atoms with E-state index in [1.165, 1.54) is 0 Å². The van der Waals surface area contributed by atoms with E-state index in [2.05, 4.69) is 22.6 Å². The van der Waals surface area contributed by atoms with Gasteiger partial charge in [0.05, 0.1) is 12.5 Å². The van der Waals surface area contributed by atoms with Crippen molar-refractivity contribution in [1.82, 2.24) is 0 Å². The van der Waals surface area contributed by atoms with Crippen LogP contribution in [-0.2, 0) is 0 Å². The number of hydrogen-bond acceptors (Lipinski definition) is 2. The minimum atomic E-state index is -0.592. The standard InChI is InChI=1S/C11H9IO2/c12-10-3-1-8(2-4-10)11(13)9-5-6-14-7-9/h1-7,11,13H. The quantitative estimate of drug-likeness (QED) is 0.865. The highest BCUT2D eigenvalue weighted by Gasteiger charge is 2.10. The van der Waals surface area contributed by atoms with Crippen LogP contribution < -0.4 is 0 Å². The van der Waals surface area contributed by atoms with Crippen LogP contribution in [-0.4, -0.2) is 5.11 Å². The minimum absolute atomic E-state index is 0.592. The Labute approximate surface area is 95.7 Å². The van der Waals surface area contributed by atoms with Gasteiger partial charge in [0.15, 0.2) is 0 Å². The predicted molar refractivity (Wildman–Crippen MR) is 61.9 cm³/mol. The third kappa shape index (κ3) is 1.99. The summed E-state index contributed by atoms with van der Waals surface area (Å²) in [6.45, 7) is 0. The Balaban J connectivity index is 2.28. The van der Waals surface area contributed by atoms with Gasteiger partial charge in [-0.15, -0.1) is 0 Å². The van der Waals surface area contributed by atoms with Gasteiger partial charge in [0.25, 0.3) is 0 Å². The first-order chi connectivity index (χ1) is 6.77.